The molecule has 2 atom stereocenters. The Morgan fingerprint density at radius 3 is 2.50 bits per heavy atom. The van der Waals surface area contributed by atoms with Gasteiger partial charge in [-0.05, 0) is 30.0 Å². The number of halogens is 1. The van der Waals surface area contributed by atoms with E-state index in [1.807, 2.05) is 0 Å². The van der Waals surface area contributed by atoms with Gasteiger partial charge in [-0.25, -0.2) is 8.42 Å². The molecule has 0 bridgehead atoms. The number of nitro benzene ring substituents is 1. The molecule has 0 saturated heterocycles. The van der Waals surface area contributed by atoms with Crippen molar-refractivity contribution in [1.82, 2.24) is 10.6 Å². The Morgan fingerprint density at radius 2 is 1.88 bits per heavy atom. The van der Waals surface area contributed by atoms with Crippen molar-refractivity contribution < 1.29 is 22.9 Å². The molecule has 2 amide bonds. The summed E-state index contributed by atoms with van der Waals surface area (Å²) in [7, 11) is -3.40. The van der Waals surface area contributed by atoms with Crippen LogP contribution in [-0.2, 0) is 14.6 Å². The van der Waals surface area contributed by atoms with Crippen LogP contribution in [0.1, 0.15) is 42.2 Å². The number of amides is 2. The Labute approximate surface area is 190 Å². The minimum atomic E-state index is -3.40. The van der Waals surface area contributed by atoms with Crippen LogP contribution >= 0.6 is 11.6 Å². The number of carbonyl (C=O) groups excluding carboxylic acids is 2. The first-order valence-corrected chi connectivity index (χ1v) is 11.9. The number of rotatable bonds is 6. The molecule has 0 aliphatic carbocycles. The third-order valence-electron chi connectivity index (χ3n) is 5.27. The first kappa shape index (κ1) is 23.7. The van der Waals surface area contributed by atoms with E-state index in [1.54, 1.807) is 32.0 Å². The fraction of sp³-hybridized carbons (Fsp3) is 0.333. The molecular formula is C21H22ClN3O6S. The molecule has 2 N–H and O–H groups in total. The van der Waals surface area contributed by atoms with E-state index in [1.165, 1.54) is 12.1 Å². The van der Waals surface area contributed by atoms with Crippen LogP contribution in [0, 0.1) is 16.0 Å². The summed E-state index contributed by atoms with van der Waals surface area (Å²) < 4.78 is 24.6. The summed E-state index contributed by atoms with van der Waals surface area (Å²) in [6.45, 7) is 3.50. The fourth-order valence-corrected chi connectivity index (χ4v) is 5.44. The maximum Gasteiger partial charge on any atom is 0.270 e. The van der Waals surface area contributed by atoms with E-state index in [9.17, 15) is 28.1 Å². The van der Waals surface area contributed by atoms with Crippen molar-refractivity contribution >= 4 is 38.9 Å². The van der Waals surface area contributed by atoms with Gasteiger partial charge in [0.25, 0.3) is 11.6 Å². The van der Waals surface area contributed by atoms with Gasteiger partial charge in [-0.3, -0.25) is 19.7 Å². The molecule has 2 aromatic rings. The van der Waals surface area contributed by atoms with Crippen LogP contribution in [0.15, 0.2) is 47.4 Å². The molecule has 1 heterocycles. The zero-order valence-electron chi connectivity index (χ0n) is 17.4. The zero-order chi connectivity index (χ0) is 23.6. The van der Waals surface area contributed by atoms with Crippen LogP contribution in [0.3, 0.4) is 0 Å². The van der Waals surface area contributed by atoms with Gasteiger partial charge in [-0.15, -0.1) is 0 Å². The number of hydrogen-bond acceptors (Lipinski definition) is 6. The van der Waals surface area contributed by atoms with E-state index >= 15 is 0 Å². The van der Waals surface area contributed by atoms with Gasteiger partial charge in [0.1, 0.15) is 6.04 Å². The van der Waals surface area contributed by atoms with Crippen molar-refractivity contribution in [2.45, 2.75) is 37.2 Å². The minimum absolute atomic E-state index is 0.00446. The van der Waals surface area contributed by atoms with Crippen molar-refractivity contribution in [3.63, 3.8) is 0 Å². The second kappa shape index (κ2) is 9.25. The van der Waals surface area contributed by atoms with Gasteiger partial charge >= 0.3 is 0 Å². The highest BCUT2D eigenvalue weighted by Crippen LogP contribution is 2.32. The molecule has 0 radical (unpaired) electrons. The zero-order valence-corrected chi connectivity index (χ0v) is 18.9. The van der Waals surface area contributed by atoms with Crippen LogP contribution in [0.4, 0.5) is 5.69 Å². The lowest BCUT2D eigenvalue weighted by molar-refractivity contribution is -0.384. The quantitative estimate of drug-likeness (QED) is 0.482. The summed E-state index contributed by atoms with van der Waals surface area (Å²) in [6, 6.07) is 8.53. The Morgan fingerprint density at radius 1 is 1.19 bits per heavy atom. The second-order valence-electron chi connectivity index (χ2n) is 7.82. The van der Waals surface area contributed by atoms with E-state index in [0.717, 1.165) is 12.1 Å². The molecular weight excluding hydrogens is 458 g/mol. The third kappa shape index (κ3) is 4.91. The number of benzene rings is 2. The van der Waals surface area contributed by atoms with Gasteiger partial charge in [-0.1, -0.05) is 43.6 Å². The Kier molecular flexibility index (Phi) is 6.85. The lowest BCUT2D eigenvalue weighted by atomic mass is 9.99. The number of fused-ring (bicyclic) bond motifs is 1. The summed E-state index contributed by atoms with van der Waals surface area (Å²) in [5.41, 5.74) is 0.264. The molecule has 0 spiro atoms. The summed E-state index contributed by atoms with van der Waals surface area (Å²) in [5, 5.41) is 16.2. The van der Waals surface area contributed by atoms with E-state index in [-0.39, 0.29) is 39.3 Å². The monoisotopic (exact) mass is 479 g/mol. The van der Waals surface area contributed by atoms with Crippen molar-refractivity contribution in [1.29, 1.82) is 0 Å². The lowest BCUT2D eigenvalue weighted by Gasteiger charge is -2.29. The maximum absolute atomic E-state index is 13.0. The smallest absolute Gasteiger partial charge is 0.270 e. The van der Waals surface area contributed by atoms with E-state index in [0.29, 0.717) is 5.56 Å². The Bertz CT molecular complexity index is 1180. The number of non-ortho nitro benzene ring substituents is 1. The normalized spacial score (nSPS) is 17.8. The maximum atomic E-state index is 13.0. The molecule has 9 nitrogen and oxygen atoms in total. The van der Waals surface area contributed by atoms with Crippen LogP contribution in [0.2, 0.25) is 5.02 Å². The van der Waals surface area contributed by atoms with Gasteiger partial charge in [0.05, 0.1) is 32.2 Å². The van der Waals surface area contributed by atoms with Crippen LogP contribution < -0.4 is 10.6 Å². The van der Waals surface area contributed by atoms with Gasteiger partial charge < -0.3 is 10.6 Å². The number of nitro groups is 1. The summed E-state index contributed by atoms with van der Waals surface area (Å²) in [4.78, 5) is 36.2. The largest absolute Gasteiger partial charge is 0.347 e. The lowest BCUT2D eigenvalue weighted by Crippen LogP contribution is -2.51. The molecule has 0 fully saturated rings. The number of nitrogens with one attached hydrogen (secondary N) is 2. The second-order valence-corrected chi connectivity index (χ2v) is 10.3. The Hall–Kier alpha value is -2.98. The molecule has 32 heavy (non-hydrogen) atoms. The van der Waals surface area contributed by atoms with E-state index in [4.69, 9.17) is 11.6 Å². The van der Waals surface area contributed by atoms with E-state index < -0.39 is 38.7 Å². The highest BCUT2D eigenvalue weighted by atomic mass is 35.5. The third-order valence-corrected chi connectivity index (χ3v) is 7.39. The predicted octanol–water partition coefficient (Wildman–Crippen LogP) is 3.04. The van der Waals surface area contributed by atoms with Crippen molar-refractivity contribution in [3.05, 3.63) is 68.7 Å². The number of carbonyl (C=O) groups is 2. The fourth-order valence-electron chi connectivity index (χ4n) is 3.56. The standard InChI is InChI=1S/C21H22ClN3O6S/c1-12(2)19(24-20(26)14-8-7-13(25(28)29)11-16(14)22)21(27)23-17-9-10-32(30,31)18-6-4-3-5-15(17)18/h3-8,11-12,17,19H,9-10H2,1-2H3,(H,23,27)(H,24,26)/t17-,19+/m0/s1. The molecule has 0 unspecified atom stereocenters. The molecule has 0 saturated carbocycles. The van der Waals surface area contributed by atoms with Gasteiger partial charge in [0, 0.05) is 12.1 Å². The average molecular weight is 480 g/mol. The van der Waals surface area contributed by atoms with E-state index in [2.05, 4.69) is 10.6 Å². The molecule has 3 rings (SSSR count). The summed E-state index contributed by atoms with van der Waals surface area (Å²) in [5.74, 6) is -1.50. The molecule has 2 aromatic carbocycles. The van der Waals surface area contributed by atoms with Gasteiger partial charge in [-0.2, -0.15) is 0 Å². The number of nitrogens with zero attached hydrogens (tertiary/aromatic N) is 1. The highest BCUT2D eigenvalue weighted by molar-refractivity contribution is 7.91. The van der Waals surface area contributed by atoms with Crippen molar-refractivity contribution in [3.8, 4) is 0 Å². The highest BCUT2D eigenvalue weighted by Gasteiger charge is 2.33. The van der Waals surface area contributed by atoms with Crippen LogP contribution in [0.25, 0.3) is 0 Å². The first-order chi connectivity index (χ1) is 15.0. The molecule has 170 valence electrons. The SMILES string of the molecule is CC(C)[C@@H](NC(=O)c1ccc([N+](=O)[O-])cc1Cl)C(=O)N[C@H]1CCS(=O)(=O)c2ccccc21. The van der Waals surface area contributed by atoms with Crippen molar-refractivity contribution in [2.75, 3.05) is 5.75 Å². The van der Waals surface area contributed by atoms with Gasteiger partial charge in [0.2, 0.25) is 5.91 Å². The number of hydrogen-bond donors (Lipinski definition) is 2. The molecule has 11 heteroatoms. The average Bonchev–Trinajstić information content (AvgIpc) is 2.73. The van der Waals surface area contributed by atoms with Crippen LogP contribution in [0.5, 0.6) is 0 Å². The minimum Gasteiger partial charge on any atom is -0.347 e. The summed E-state index contributed by atoms with van der Waals surface area (Å²) in [6.07, 6.45) is 0.220. The molecule has 1 aliphatic heterocycles. The number of sulfone groups is 1. The topological polar surface area (TPSA) is 135 Å². The van der Waals surface area contributed by atoms with Gasteiger partial charge in [0.15, 0.2) is 9.84 Å². The van der Waals surface area contributed by atoms with Crippen molar-refractivity contribution in [2.24, 2.45) is 5.92 Å². The molecule has 0 aromatic heterocycles. The Balaban J connectivity index is 1.79. The van der Waals surface area contributed by atoms with Crippen LogP contribution in [-0.4, -0.2) is 37.0 Å². The molecule has 1 aliphatic rings. The predicted molar refractivity (Wildman–Crippen MR) is 118 cm³/mol. The summed E-state index contributed by atoms with van der Waals surface area (Å²) >= 11 is 6.03. The first-order valence-electron chi connectivity index (χ1n) is 9.88.